The van der Waals surface area contributed by atoms with Gasteiger partial charge in [-0.2, -0.15) is 13.2 Å². The number of carbonyl (C=O) groups excluding carboxylic acids is 1. The normalized spacial score (nSPS) is 11.3. The van der Waals surface area contributed by atoms with Gasteiger partial charge in [0.25, 0.3) is 0 Å². The smallest absolute Gasteiger partial charge is 0.416 e. The number of carbonyl (C=O) groups is 1. The van der Waals surface area contributed by atoms with Gasteiger partial charge in [0.1, 0.15) is 21.5 Å². The number of hydrogen-bond donors (Lipinski definition) is 1. The van der Waals surface area contributed by atoms with Gasteiger partial charge in [0, 0.05) is 5.56 Å². The number of hydrogen-bond acceptors (Lipinski definition) is 5. The standard InChI is InChI=1S/C17H12F3N3O2S/c18-17(19,20)11-4-2-6-13(8-11)25-12-5-1-3-10(7-12)16-23-22-15(26-16)9-14(21)24/h1-8H,9H2,(H2,21,24). The molecule has 0 atom stereocenters. The Morgan fingerprint density at radius 3 is 2.46 bits per heavy atom. The summed E-state index contributed by atoms with van der Waals surface area (Å²) in [7, 11) is 0. The predicted octanol–water partition coefficient (Wildman–Crippen LogP) is 4.04. The predicted molar refractivity (Wildman–Crippen MR) is 89.8 cm³/mol. The minimum atomic E-state index is -4.44. The number of primary amides is 1. The van der Waals surface area contributed by atoms with Crippen LogP contribution in [0.2, 0.25) is 0 Å². The Hall–Kier alpha value is -2.94. The number of alkyl halides is 3. The van der Waals surface area contributed by atoms with Crippen LogP contribution in [0.5, 0.6) is 11.5 Å². The summed E-state index contributed by atoms with van der Waals surface area (Å²) in [6.45, 7) is 0. The van der Waals surface area contributed by atoms with Crippen molar-refractivity contribution in [1.29, 1.82) is 0 Å². The SMILES string of the molecule is NC(=O)Cc1nnc(-c2cccc(Oc3cccc(C(F)(F)F)c3)c2)s1. The number of amides is 1. The van der Waals surface area contributed by atoms with E-state index in [0.717, 1.165) is 12.1 Å². The lowest BCUT2D eigenvalue weighted by Crippen LogP contribution is -2.13. The van der Waals surface area contributed by atoms with Gasteiger partial charge in [-0.3, -0.25) is 4.79 Å². The molecule has 0 unspecified atom stereocenters. The van der Waals surface area contributed by atoms with Crippen LogP contribution < -0.4 is 10.5 Å². The lowest BCUT2D eigenvalue weighted by molar-refractivity contribution is -0.137. The van der Waals surface area contributed by atoms with Gasteiger partial charge in [0.05, 0.1) is 12.0 Å². The average Bonchev–Trinajstić information content (AvgIpc) is 3.02. The first kappa shape index (κ1) is 17.9. The maximum absolute atomic E-state index is 12.8. The summed E-state index contributed by atoms with van der Waals surface area (Å²) in [5.41, 5.74) is 5.01. The largest absolute Gasteiger partial charge is 0.457 e. The Morgan fingerprint density at radius 1 is 1.08 bits per heavy atom. The molecule has 0 radical (unpaired) electrons. The minimum Gasteiger partial charge on any atom is -0.457 e. The molecule has 134 valence electrons. The zero-order valence-corrected chi connectivity index (χ0v) is 14.0. The molecule has 2 N–H and O–H groups in total. The lowest BCUT2D eigenvalue weighted by Gasteiger charge is -2.10. The Bertz CT molecular complexity index is 941. The van der Waals surface area contributed by atoms with Crippen molar-refractivity contribution in [2.24, 2.45) is 5.73 Å². The number of halogens is 3. The molecule has 26 heavy (non-hydrogen) atoms. The average molecular weight is 379 g/mol. The molecule has 3 rings (SSSR count). The van der Waals surface area contributed by atoms with E-state index in [-0.39, 0.29) is 12.2 Å². The molecule has 1 heterocycles. The second-order valence-electron chi connectivity index (χ2n) is 5.30. The number of ether oxygens (including phenoxy) is 1. The van der Waals surface area contributed by atoms with E-state index in [0.29, 0.717) is 21.3 Å². The molecule has 0 saturated carbocycles. The number of nitrogens with zero attached hydrogens (tertiary/aromatic N) is 2. The first-order chi connectivity index (χ1) is 12.3. The summed E-state index contributed by atoms with van der Waals surface area (Å²) in [4.78, 5) is 10.9. The van der Waals surface area contributed by atoms with Crippen LogP contribution in [0.4, 0.5) is 13.2 Å². The third kappa shape index (κ3) is 4.37. The molecular formula is C17H12F3N3O2S. The van der Waals surface area contributed by atoms with Gasteiger partial charge >= 0.3 is 6.18 Å². The summed E-state index contributed by atoms with van der Waals surface area (Å²) < 4.78 is 43.9. The van der Waals surface area contributed by atoms with Crippen LogP contribution in [0.15, 0.2) is 48.5 Å². The van der Waals surface area contributed by atoms with E-state index in [2.05, 4.69) is 10.2 Å². The molecule has 0 fully saturated rings. The molecule has 9 heteroatoms. The van der Waals surface area contributed by atoms with Crippen LogP contribution in [-0.4, -0.2) is 16.1 Å². The highest BCUT2D eigenvalue weighted by Crippen LogP contribution is 2.34. The molecule has 3 aromatic rings. The Morgan fingerprint density at radius 2 is 1.77 bits per heavy atom. The molecule has 0 aliphatic carbocycles. The van der Waals surface area contributed by atoms with Crippen LogP contribution in [0, 0.1) is 0 Å². The minimum absolute atomic E-state index is 0.00189. The maximum Gasteiger partial charge on any atom is 0.416 e. The molecule has 1 amide bonds. The molecule has 0 aliphatic heterocycles. The van der Waals surface area contributed by atoms with Crippen molar-refractivity contribution in [1.82, 2.24) is 10.2 Å². The number of nitrogens with two attached hydrogens (primary N) is 1. The van der Waals surface area contributed by atoms with Crippen molar-refractivity contribution in [3.63, 3.8) is 0 Å². The zero-order chi connectivity index (χ0) is 18.7. The molecule has 2 aromatic carbocycles. The van der Waals surface area contributed by atoms with Gasteiger partial charge in [-0.25, -0.2) is 0 Å². The van der Waals surface area contributed by atoms with Crippen LogP contribution in [0.1, 0.15) is 10.6 Å². The van der Waals surface area contributed by atoms with Crippen molar-refractivity contribution < 1.29 is 22.7 Å². The highest BCUT2D eigenvalue weighted by atomic mass is 32.1. The van der Waals surface area contributed by atoms with Gasteiger partial charge in [0.2, 0.25) is 5.91 Å². The molecular weight excluding hydrogens is 367 g/mol. The summed E-state index contributed by atoms with van der Waals surface area (Å²) >= 11 is 1.21. The Balaban J connectivity index is 1.82. The van der Waals surface area contributed by atoms with Gasteiger partial charge < -0.3 is 10.5 Å². The van der Waals surface area contributed by atoms with E-state index in [4.69, 9.17) is 10.5 Å². The summed E-state index contributed by atoms with van der Waals surface area (Å²) in [6, 6.07) is 11.3. The van der Waals surface area contributed by atoms with Crippen LogP contribution in [0.3, 0.4) is 0 Å². The maximum atomic E-state index is 12.8. The number of benzene rings is 2. The fraction of sp³-hybridized carbons (Fsp3) is 0.118. The van der Waals surface area contributed by atoms with Gasteiger partial charge in [-0.15, -0.1) is 10.2 Å². The van der Waals surface area contributed by atoms with Crippen molar-refractivity contribution in [2.75, 3.05) is 0 Å². The van der Waals surface area contributed by atoms with Crippen LogP contribution in [-0.2, 0) is 17.4 Å². The fourth-order valence-electron chi connectivity index (χ4n) is 2.16. The van der Waals surface area contributed by atoms with Crippen molar-refractivity contribution in [3.8, 4) is 22.1 Å². The summed E-state index contributed by atoms with van der Waals surface area (Å²) in [6.07, 6.45) is -4.44. The zero-order valence-electron chi connectivity index (χ0n) is 13.2. The van der Waals surface area contributed by atoms with Crippen molar-refractivity contribution in [2.45, 2.75) is 12.6 Å². The van der Waals surface area contributed by atoms with Gasteiger partial charge in [0.15, 0.2) is 0 Å². The molecule has 0 saturated heterocycles. The summed E-state index contributed by atoms with van der Waals surface area (Å²) in [5.74, 6) is -0.0773. The first-order valence-corrected chi connectivity index (χ1v) is 8.19. The Kier molecular flexibility index (Phi) is 4.90. The van der Waals surface area contributed by atoms with E-state index in [1.807, 2.05) is 0 Å². The third-order valence-corrected chi connectivity index (χ3v) is 4.24. The van der Waals surface area contributed by atoms with E-state index >= 15 is 0 Å². The molecule has 5 nitrogen and oxygen atoms in total. The second-order valence-corrected chi connectivity index (χ2v) is 6.36. The Labute approximate surface area is 150 Å². The lowest BCUT2D eigenvalue weighted by atomic mass is 10.2. The highest BCUT2D eigenvalue weighted by molar-refractivity contribution is 7.14. The third-order valence-electron chi connectivity index (χ3n) is 3.27. The summed E-state index contributed by atoms with van der Waals surface area (Å²) in [5, 5.41) is 8.91. The molecule has 0 aliphatic rings. The van der Waals surface area contributed by atoms with Crippen molar-refractivity contribution >= 4 is 17.2 Å². The van der Waals surface area contributed by atoms with E-state index in [1.165, 1.54) is 23.5 Å². The molecule has 0 bridgehead atoms. The number of aromatic nitrogens is 2. The van der Waals surface area contributed by atoms with E-state index in [1.54, 1.807) is 24.3 Å². The monoisotopic (exact) mass is 379 g/mol. The molecule has 0 spiro atoms. The van der Waals surface area contributed by atoms with E-state index in [9.17, 15) is 18.0 Å². The quantitative estimate of drug-likeness (QED) is 0.726. The first-order valence-electron chi connectivity index (χ1n) is 7.37. The van der Waals surface area contributed by atoms with Gasteiger partial charge in [-0.1, -0.05) is 29.5 Å². The number of rotatable bonds is 5. The fourth-order valence-corrected chi connectivity index (χ4v) is 3.00. The topological polar surface area (TPSA) is 78.1 Å². The molecule has 1 aromatic heterocycles. The van der Waals surface area contributed by atoms with Gasteiger partial charge in [-0.05, 0) is 30.3 Å². The second kappa shape index (κ2) is 7.12. The van der Waals surface area contributed by atoms with E-state index < -0.39 is 17.6 Å². The van der Waals surface area contributed by atoms with Crippen LogP contribution >= 0.6 is 11.3 Å². The van der Waals surface area contributed by atoms with Crippen LogP contribution in [0.25, 0.3) is 10.6 Å². The van der Waals surface area contributed by atoms with Crippen molar-refractivity contribution in [3.05, 3.63) is 59.1 Å². The highest BCUT2D eigenvalue weighted by Gasteiger charge is 2.30.